The zero-order valence-electron chi connectivity index (χ0n) is 11.7. The molecule has 0 aromatic heterocycles. The minimum Gasteiger partial charge on any atom is -0.388 e. The van der Waals surface area contributed by atoms with Gasteiger partial charge in [0.05, 0.1) is 6.10 Å². The van der Waals surface area contributed by atoms with Crippen LogP contribution in [0.4, 0.5) is 0 Å². The first-order chi connectivity index (χ1) is 8.56. The molecule has 1 saturated heterocycles. The van der Waals surface area contributed by atoms with E-state index in [4.69, 9.17) is 0 Å². The standard InChI is InChI=1S/C16H25NO/c1-11-7-8-15(12(2)9-11)16(18)10-14-6-4-5-13(3)17-14/h7-9,13-14,16-18H,4-6,10H2,1-3H3. The number of nitrogens with one attached hydrogen (secondary N) is 1. The first kappa shape index (κ1) is 13.6. The summed E-state index contributed by atoms with van der Waals surface area (Å²) in [7, 11) is 0. The fraction of sp³-hybridized carbons (Fsp3) is 0.625. The van der Waals surface area contributed by atoms with Crippen LogP contribution in [0.3, 0.4) is 0 Å². The van der Waals surface area contributed by atoms with Crippen molar-refractivity contribution in [1.82, 2.24) is 5.32 Å². The third kappa shape index (κ3) is 3.33. The van der Waals surface area contributed by atoms with Crippen molar-refractivity contribution >= 4 is 0 Å². The number of rotatable bonds is 3. The second-order valence-electron chi connectivity index (χ2n) is 5.81. The van der Waals surface area contributed by atoms with E-state index in [0.29, 0.717) is 12.1 Å². The Morgan fingerprint density at radius 1 is 1.33 bits per heavy atom. The van der Waals surface area contributed by atoms with Crippen LogP contribution >= 0.6 is 0 Å². The molecule has 1 heterocycles. The molecule has 3 unspecified atom stereocenters. The average Bonchev–Trinajstić information content (AvgIpc) is 2.28. The Morgan fingerprint density at radius 3 is 2.78 bits per heavy atom. The zero-order valence-corrected chi connectivity index (χ0v) is 11.7. The van der Waals surface area contributed by atoms with Crippen LogP contribution in [0.1, 0.15) is 55.4 Å². The van der Waals surface area contributed by atoms with Crippen LogP contribution in [-0.2, 0) is 0 Å². The maximum atomic E-state index is 10.4. The van der Waals surface area contributed by atoms with E-state index in [-0.39, 0.29) is 6.10 Å². The minimum absolute atomic E-state index is 0.339. The lowest BCUT2D eigenvalue weighted by molar-refractivity contribution is 0.139. The largest absolute Gasteiger partial charge is 0.388 e. The summed E-state index contributed by atoms with van der Waals surface area (Å²) in [5.74, 6) is 0. The number of hydrogen-bond donors (Lipinski definition) is 2. The maximum Gasteiger partial charge on any atom is 0.0807 e. The molecule has 2 nitrogen and oxygen atoms in total. The molecule has 0 aliphatic carbocycles. The summed E-state index contributed by atoms with van der Waals surface area (Å²) in [5, 5.41) is 14.0. The van der Waals surface area contributed by atoms with E-state index in [0.717, 1.165) is 12.0 Å². The Kier molecular flexibility index (Phi) is 4.41. The molecular formula is C16H25NO. The quantitative estimate of drug-likeness (QED) is 0.859. The number of benzene rings is 1. The van der Waals surface area contributed by atoms with Crippen molar-refractivity contribution in [2.45, 2.75) is 64.6 Å². The Bertz CT molecular complexity index is 402. The maximum absolute atomic E-state index is 10.4. The van der Waals surface area contributed by atoms with E-state index in [9.17, 15) is 5.11 Å². The predicted octanol–water partition coefficient (Wildman–Crippen LogP) is 3.26. The summed E-state index contributed by atoms with van der Waals surface area (Å²) >= 11 is 0. The van der Waals surface area contributed by atoms with Crippen LogP contribution in [0.15, 0.2) is 18.2 Å². The second-order valence-corrected chi connectivity index (χ2v) is 5.81. The molecule has 1 aliphatic rings. The molecule has 1 aromatic rings. The molecule has 3 atom stereocenters. The van der Waals surface area contributed by atoms with Crippen LogP contribution < -0.4 is 5.32 Å². The van der Waals surface area contributed by atoms with Gasteiger partial charge < -0.3 is 10.4 Å². The van der Waals surface area contributed by atoms with E-state index in [1.54, 1.807) is 0 Å². The summed E-state index contributed by atoms with van der Waals surface area (Å²) < 4.78 is 0. The molecule has 0 amide bonds. The van der Waals surface area contributed by atoms with E-state index < -0.39 is 0 Å². The molecule has 0 radical (unpaired) electrons. The number of aryl methyl sites for hydroxylation is 2. The molecule has 1 aromatic carbocycles. The van der Waals surface area contributed by atoms with Gasteiger partial charge in [0.25, 0.3) is 0 Å². The average molecular weight is 247 g/mol. The van der Waals surface area contributed by atoms with E-state index in [2.05, 4.69) is 44.3 Å². The lowest BCUT2D eigenvalue weighted by Crippen LogP contribution is -2.41. The highest BCUT2D eigenvalue weighted by Crippen LogP contribution is 2.26. The van der Waals surface area contributed by atoms with Gasteiger partial charge in [-0.25, -0.2) is 0 Å². The molecule has 2 N–H and O–H groups in total. The van der Waals surface area contributed by atoms with Crippen LogP contribution in [0.5, 0.6) is 0 Å². The molecular weight excluding hydrogens is 222 g/mol. The first-order valence-electron chi connectivity index (χ1n) is 7.07. The molecule has 0 spiro atoms. The van der Waals surface area contributed by atoms with Crippen molar-refractivity contribution < 1.29 is 5.11 Å². The van der Waals surface area contributed by atoms with Gasteiger partial charge in [-0.1, -0.05) is 30.2 Å². The van der Waals surface area contributed by atoms with Crippen LogP contribution in [-0.4, -0.2) is 17.2 Å². The van der Waals surface area contributed by atoms with Crippen LogP contribution in [0, 0.1) is 13.8 Å². The highest BCUT2D eigenvalue weighted by molar-refractivity contribution is 5.32. The SMILES string of the molecule is Cc1ccc(C(O)CC2CCCC(C)N2)c(C)c1. The lowest BCUT2D eigenvalue weighted by atomic mass is 9.91. The van der Waals surface area contributed by atoms with Gasteiger partial charge in [0.2, 0.25) is 0 Å². The molecule has 2 heteroatoms. The van der Waals surface area contributed by atoms with Gasteiger partial charge in [-0.2, -0.15) is 0 Å². The van der Waals surface area contributed by atoms with Gasteiger partial charge in [0.1, 0.15) is 0 Å². The highest BCUT2D eigenvalue weighted by atomic mass is 16.3. The predicted molar refractivity (Wildman–Crippen MR) is 75.7 cm³/mol. The Labute approximate surface area is 110 Å². The van der Waals surface area contributed by atoms with Crippen molar-refractivity contribution in [2.75, 3.05) is 0 Å². The number of hydrogen-bond acceptors (Lipinski definition) is 2. The Morgan fingerprint density at radius 2 is 2.11 bits per heavy atom. The molecule has 1 aliphatic heterocycles. The van der Waals surface area contributed by atoms with Gasteiger partial charge in [-0.3, -0.25) is 0 Å². The summed E-state index contributed by atoms with van der Waals surface area (Å²) in [5.41, 5.74) is 3.54. The zero-order chi connectivity index (χ0) is 13.1. The third-order valence-electron chi connectivity index (χ3n) is 4.00. The lowest BCUT2D eigenvalue weighted by Gasteiger charge is -2.30. The number of aliphatic hydroxyl groups excluding tert-OH is 1. The molecule has 1 fully saturated rings. The van der Waals surface area contributed by atoms with Gasteiger partial charge in [-0.05, 0) is 51.2 Å². The Hall–Kier alpha value is -0.860. The third-order valence-corrected chi connectivity index (χ3v) is 4.00. The fourth-order valence-electron chi connectivity index (χ4n) is 3.02. The van der Waals surface area contributed by atoms with Crippen molar-refractivity contribution in [1.29, 1.82) is 0 Å². The topological polar surface area (TPSA) is 32.3 Å². The smallest absolute Gasteiger partial charge is 0.0807 e. The number of piperidine rings is 1. The van der Waals surface area contributed by atoms with Crippen molar-refractivity contribution in [2.24, 2.45) is 0 Å². The first-order valence-corrected chi connectivity index (χ1v) is 7.07. The molecule has 18 heavy (non-hydrogen) atoms. The van der Waals surface area contributed by atoms with E-state index in [1.165, 1.54) is 30.4 Å². The highest BCUT2D eigenvalue weighted by Gasteiger charge is 2.21. The van der Waals surface area contributed by atoms with Crippen LogP contribution in [0.25, 0.3) is 0 Å². The summed E-state index contributed by atoms with van der Waals surface area (Å²) in [6.07, 6.45) is 4.21. The summed E-state index contributed by atoms with van der Waals surface area (Å²) in [4.78, 5) is 0. The Balaban J connectivity index is 2.00. The molecule has 2 rings (SSSR count). The van der Waals surface area contributed by atoms with Gasteiger partial charge >= 0.3 is 0 Å². The minimum atomic E-state index is -0.339. The van der Waals surface area contributed by atoms with Crippen molar-refractivity contribution in [3.8, 4) is 0 Å². The second kappa shape index (κ2) is 5.85. The molecule has 100 valence electrons. The summed E-state index contributed by atoms with van der Waals surface area (Å²) in [6, 6.07) is 7.36. The molecule has 0 saturated carbocycles. The fourth-order valence-corrected chi connectivity index (χ4v) is 3.02. The monoisotopic (exact) mass is 247 g/mol. The van der Waals surface area contributed by atoms with E-state index >= 15 is 0 Å². The van der Waals surface area contributed by atoms with Gasteiger partial charge in [0.15, 0.2) is 0 Å². The molecule has 0 bridgehead atoms. The van der Waals surface area contributed by atoms with Crippen LogP contribution in [0.2, 0.25) is 0 Å². The van der Waals surface area contributed by atoms with Crippen molar-refractivity contribution in [3.63, 3.8) is 0 Å². The summed E-state index contributed by atoms with van der Waals surface area (Å²) in [6.45, 7) is 6.41. The number of aliphatic hydroxyl groups is 1. The van der Waals surface area contributed by atoms with Crippen molar-refractivity contribution in [3.05, 3.63) is 34.9 Å². The van der Waals surface area contributed by atoms with E-state index in [1.807, 2.05) is 0 Å². The van der Waals surface area contributed by atoms with Gasteiger partial charge in [0, 0.05) is 12.1 Å². The van der Waals surface area contributed by atoms with Gasteiger partial charge in [-0.15, -0.1) is 0 Å². The normalized spacial score (nSPS) is 26.0.